The number of likely N-dealkylation sites (tertiary alicyclic amines) is 1. The number of hydrogen-bond donors (Lipinski definition) is 1. The van der Waals surface area contributed by atoms with Crippen molar-refractivity contribution in [3.05, 3.63) is 80.5 Å². The summed E-state index contributed by atoms with van der Waals surface area (Å²) < 4.78 is 7.67. The SMILES string of the molecule is [B]c1cc2nc3c(c4c2c(c1C)CCC4N1CCC(CCNC(=C)CC)CC1)Cn1c-3cc(CC)c(COC(=C)C)c1=O. The van der Waals surface area contributed by atoms with Crippen molar-refractivity contribution >= 4 is 24.2 Å². The number of benzene rings is 1. The van der Waals surface area contributed by atoms with Crippen LogP contribution < -0.4 is 16.3 Å². The molecule has 1 atom stereocenters. The summed E-state index contributed by atoms with van der Waals surface area (Å²) >= 11 is 0. The van der Waals surface area contributed by atoms with Gasteiger partial charge < -0.3 is 14.6 Å². The van der Waals surface area contributed by atoms with Crippen LogP contribution in [-0.4, -0.2) is 41.9 Å². The Morgan fingerprint density at radius 3 is 2.63 bits per heavy atom. The zero-order valence-corrected chi connectivity index (χ0v) is 26.4. The van der Waals surface area contributed by atoms with Crippen LogP contribution in [0.3, 0.4) is 0 Å². The lowest BCUT2D eigenvalue weighted by Crippen LogP contribution is -2.39. The number of rotatable bonds is 10. The van der Waals surface area contributed by atoms with Gasteiger partial charge in [0.25, 0.3) is 5.56 Å². The lowest BCUT2D eigenvalue weighted by molar-refractivity contribution is 0.122. The van der Waals surface area contributed by atoms with E-state index in [1.807, 2.05) is 11.5 Å². The number of fused-ring (bicyclic) bond motifs is 4. The Balaban J connectivity index is 1.39. The van der Waals surface area contributed by atoms with E-state index in [0.29, 0.717) is 18.3 Å². The standard InChI is InChI=1S/C36H45BN4O2/c1-7-22(5)38-14-11-24-12-15-40(16-13-24)31-10-9-26-23(6)29(37)18-30-33(26)34(31)27-19-41-32(35(27)39-30)17-25(8-2)28(36(41)42)20-43-21(3)4/h17-18,24,31,38H,3,5,7-16,19-20H2,1-2,4,6H3. The van der Waals surface area contributed by atoms with Crippen LogP contribution in [0, 0.1) is 12.8 Å². The highest BCUT2D eigenvalue weighted by atomic mass is 16.5. The average molecular weight is 577 g/mol. The summed E-state index contributed by atoms with van der Waals surface area (Å²) in [6.07, 6.45) is 7.43. The van der Waals surface area contributed by atoms with Gasteiger partial charge >= 0.3 is 0 Å². The molecule has 6 nitrogen and oxygen atoms in total. The molecule has 1 unspecified atom stereocenters. The molecule has 3 aromatic rings. The Bertz CT molecular complexity index is 1660. The predicted octanol–water partition coefficient (Wildman–Crippen LogP) is 5.74. The first-order chi connectivity index (χ1) is 20.7. The maximum Gasteiger partial charge on any atom is 0.258 e. The zero-order chi connectivity index (χ0) is 30.4. The summed E-state index contributed by atoms with van der Waals surface area (Å²) in [5.74, 6) is 1.35. The Morgan fingerprint density at radius 2 is 1.93 bits per heavy atom. The number of nitrogens with one attached hydrogen (secondary N) is 1. The van der Waals surface area contributed by atoms with E-state index in [2.05, 4.69) is 56.3 Å². The maximum atomic E-state index is 14.0. The van der Waals surface area contributed by atoms with Gasteiger partial charge in [0.2, 0.25) is 0 Å². The molecule has 7 heteroatoms. The molecule has 1 saturated heterocycles. The third kappa shape index (κ3) is 5.35. The second kappa shape index (κ2) is 12.0. The fraction of sp³-hybridized carbons (Fsp3) is 0.500. The minimum atomic E-state index is 0.0216. The molecule has 43 heavy (non-hydrogen) atoms. The largest absolute Gasteiger partial charge is 0.494 e. The molecule has 0 saturated carbocycles. The highest BCUT2D eigenvalue weighted by Gasteiger charge is 2.37. The van der Waals surface area contributed by atoms with Crippen LogP contribution in [0.25, 0.3) is 22.3 Å². The molecule has 2 aromatic heterocycles. The lowest BCUT2D eigenvalue weighted by atomic mass is 9.77. The van der Waals surface area contributed by atoms with E-state index in [1.54, 1.807) is 0 Å². The quantitative estimate of drug-likeness (QED) is 0.193. The van der Waals surface area contributed by atoms with Gasteiger partial charge in [0.15, 0.2) is 0 Å². The molecule has 0 bridgehead atoms. The summed E-state index contributed by atoms with van der Waals surface area (Å²) in [7, 11) is 6.55. The second-order valence-corrected chi connectivity index (χ2v) is 12.8. The van der Waals surface area contributed by atoms with E-state index in [1.165, 1.54) is 46.9 Å². The molecule has 3 aliphatic rings. The first-order valence-corrected chi connectivity index (χ1v) is 16.2. The van der Waals surface area contributed by atoms with Crippen molar-refractivity contribution in [2.75, 3.05) is 19.6 Å². The molecule has 1 fully saturated rings. The van der Waals surface area contributed by atoms with Gasteiger partial charge in [-0.3, -0.25) is 9.69 Å². The molecule has 2 aliphatic heterocycles. The molecule has 2 radical (unpaired) electrons. The Morgan fingerprint density at radius 1 is 1.16 bits per heavy atom. The number of piperidine rings is 1. The van der Waals surface area contributed by atoms with Crippen molar-refractivity contribution in [3.8, 4) is 11.4 Å². The molecule has 4 heterocycles. The minimum absolute atomic E-state index is 0.0216. The monoisotopic (exact) mass is 576 g/mol. The van der Waals surface area contributed by atoms with Crippen LogP contribution in [0.4, 0.5) is 0 Å². The van der Waals surface area contributed by atoms with Crippen molar-refractivity contribution in [2.45, 2.75) is 91.8 Å². The van der Waals surface area contributed by atoms with Crippen LogP contribution in [0.1, 0.15) is 92.3 Å². The lowest BCUT2D eigenvalue weighted by Gasteiger charge is -2.41. The van der Waals surface area contributed by atoms with E-state index in [4.69, 9.17) is 17.6 Å². The molecule has 6 rings (SSSR count). The van der Waals surface area contributed by atoms with Crippen LogP contribution >= 0.6 is 0 Å². The van der Waals surface area contributed by atoms with Crippen molar-refractivity contribution in [1.29, 1.82) is 0 Å². The topological polar surface area (TPSA) is 59.4 Å². The number of pyridine rings is 2. The van der Waals surface area contributed by atoms with Gasteiger partial charge in [0.05, 0.1) is 34.8 Å². The maximum absolute atomic E-state index is 14.0. The summed E-state index contributed by atoms with van der Waals surface area (Å²) in [5.41, 5.74) is 11.6. The fourth-order valence-corrected chi connectivity index (χ4v) is 7.59. The van der Waals surface area contributed by atoms with Crippen LogP contribution in [-0.2, 0) is 30.7 Å². The van der Waals surface area contributed by atoms with Gasteiger partial charge in [-0.05, 0) is 107 Å². The van der Waals surface area contributed by atoms with Crippen molar-refractivity contribution < 1.29 is 4.74 Å². The molecular formula is C36H45BN4O2. The highest BCUT2D eigenvalue weighted by Crippen LogP contribution is 2.46. The third-order valence-corrected chi connectivity index (χ3v) is 10.2. The summed E-state index contributed by atoms with van der Waals surface area (Å²) in [6, 6.07) is 4.54. The van der Waals surface area contributed by atoms with E-state index in [0.717, 1.165) is 90.4 Å². The van der Waals surface area contributed by atoms with E-state index >= 15 is 0 Å². The molecule has 1 aromatic carbocycles. The smallest absolute Gasteiger partial charge is 0.258 e. The number of aromatic nitrogens is 2. The van der Waals surface area contributed by atoms with Crippen LogP contribution in [0.5, 0.6) is 0 Å². The normalized spacial score (nSPS) is 18.0. The number of ether oxygens (including phenoxy) is 1. The van der Waals surface area contributed by atoms with Gasteiger partial charge in [-0.15, -0.1) is 0 Å². The minimum Gasteiger partial charge on any atom is -0.494 e. The first-order valence-electron chi connectivity index (χ1n) is 16.2. The average Bonchev–Trinajstić information content (AvgIpc) is 3.37. The van der Waals surface area contributed by atoms with E-state index < -0.39 is 0 Å². The number of aryl methyl sites for hydroxylation is 2. The van der Waals surface area contributed by atoms with E-state index in [-0.39, 0.29) is 12.2 Å². The Hall–Kier alpha value is -3.32. The Kier molecular flexibility index (Phi) is 8.29. The van der Waals surface area contributed by atoms with Crippen molar-refractivity contribution in [1.82, 2.24) is 19.8 Å². The first kappa shape index (κ1) is 29.7. The summed E-state index contributed by atoms with van der Waals surface area (Å²) in [5, 5.41) is 4.76. The molecular weight excluding hydrogens is 531 g/mol. The zero-order valence-electron chi connectivity index (χ0n) is 26.4. The van der Waals surface area contributed by atoms with Gasteiger partial charge in [-0.2, -0.15) is 0 Å². The number of nitrogens with zero attached hydrogens (tertiary/aromatic N) is 3. The van der Waals surface area contributed by atoms with Crippen LogP contribution in [0.15, 0.2) is 41.5 Å². The van der Waals surface area contributed by atoms with Crippen molar-refractivity contribution in [3.63, 3.8) is 0 Å². The van der Waals surface area contributed by atoms with E-state index in [9.17, 15) is 4.79 Å². The number of allylic oxidation sites excluding steroid dienone is 2. The van der Waals surface area contributed by atoms with Gasteiger partial charge in [-0.25, -0.2) is 4.98 Å². The molecule has 1 aliphatic carbocycles. The third-order valence-electron chi connectivity index (χ3n) is 10.2. The summed E-state index contributed by atoms with van der Waals surface area (Å²) in [6.45, 7) is 20.2. The van der Waals surface area contributed by atoms with Gasteiger partial charge in [0.1, 0.15) is 14.5 Å². The predicted molar refractivity (Wildman–Crippen MR) is 177 cm³/mol. The van der Waals surface area contributed by atoms with Crippen molar-refractivity contribution in [2.24, 2.45) is 5.92 Å². The number of hydrogen-bond acceptors (Lipinski definition) is 5. The summed E-state index contributed by atoms with van der Waals surface area (Å²) in [4.78, 5) is 21.9. The fourth-order valence-electron chi connectivity index (χ4n) is 7.59. The Labute approximate surface area is 257 Å². The van der Waals surface area contributed by atoms with Gasteiger partial charge in [0, 0.05) is 29.2 Å². The molecule has 0 spiro atoms. The molecule has 224 valence electrons. The molecule has 0 amide bonds. The molecule has 1 N–H and O–H groups in total. The second-order valence-electron chi connectivity index (χ2n) is 12.8. The highest BCUT2D eigenvalue weighted by molar-refractivity contribution is 6.34. The van der Waals surface area contributed by atoms with Crippen LogP contribution in [0.2, 0.25) is 0 Å². The van der Waals surface area contributed by atoms with Gasteiger partial charge in [-0.1, -0.05) is 38.0 Å².